The monoisotopic (exact) mass is 299 g/mol. The molecule has 110 valence electrons. The predicted molar refractivity (Wildman–Crippen MR) is 90.7 cm³/mol. The first kappa shape index (κ1) is 13.5. The molecule has 0 aromatic heterocycles. The van der Waals surface area contributed by atoms with Gasteiger partial charge in [0.1, 0.15) is 5.75 Å². The SMILES string of the molecule is O=C1c2ccccc2-c2c1ccc(/C=N/c1ccccc1)c2O. The highest BCUT2D eigenvalue weighted by Crippen LogP contribution is 2.43. The Morgan fingerprint density at radius 3 is 2.26 bits per heavy atom. The van der Waals surface area contributed by atoms with Gasteiger partial charge in [0.05, 0.1) is 5.69 Å². The van der Waals surface area contributed by atoms with Crippen molar-refractivity contribution >= 4 is 17.7 Å². The Kier molecular flexibility index (Phi) is 3.05. The summed E-state index contributed by atoms with van der Waals surface area (Å²) in [5.41, 5.74) is 3.96. The highest BCUT2D eigenvalue weighted by Gasteiger charge is 2.29. The van der Waals surface area contributed by atoms with E-state index in [1.807, 2.05) is 48.5 Å². The Morgan fingerprint density at radius 2 is 1.48 bits per heavy atom. The van der Waals surface area contributed by atoms with Crippen molar-refractivity contribution in [3.63, 3.8) is 0 Å². The summed E-state index contributed by atoms with van der Waals surface area (Å²) in [6, 6.07) is 20.3. The summed E-state index contributed by atoms with van der Waals surface area (Å²) in [6.45, 7) is 0. The molecule has 0 unspecified atom stereocenters. The molecule has 1 aliphatic carbocycles. The lowest BCUT2D eigenvalue weighted by Gasteiger charge is -2.06. The number of rotatable bonds is 2. The number of hydrogen-bond donors (Lipinski definition) is 1. The minimum absolute atomic E-state index is 0.0440. The highest BCUT2D eigenvalue weighted by molar-refractivity contribution is 6.23. The van der Waals surface area contributed by atoms with Crippen LogP contribution in [0.15, 0.2) is 71.7 Å². The van der Waals surface area contributed by atoms with Crippen molar-refractivity contribution in [3.8, 4) is 16.9 Å². The van der Waals surface area contributed by atoms with E-state index in [9.17, 15) is 9.90 Å². The van der Waals surface area contributed by atoms with E-state index in [-0.39, 0.29) is 11.5 Å². The maximum Gasteiger partial charge on any atom is 0.194 e. The molecule has 0 heterocycles. The molecule has 3 heteroatoms. The minimum Gasteiger partial charge on any atom is -0.507 e. The van der Waals surface area contributed by atoms with Crippen molar-refractivity contribution in [2.45, 2.75) is 0 Å². The van der Waals surface area contributed by atoms with Crippen LogP contribution >= 0.6 is 0 Å². The van der Waals surface area contributed by atoms with Gasteiger partial charge in [-0.05, 0) is 29.8 Å². The van der Waals surface area contributed by atoms with Crippen molar-refractivity contribution < 1.29 is 9.90 Å². The molecule has 0 aliphatic heterocycles. The van der Waals surface area contributed by atoms with Gasteiger partial charge in [-0.2, -0.15) is 0 Å². The van der Waals surface area contributed by atoms with Gasteiger partial charge in [0.25, 0.3) is 0 Å². The molecule has 0 saturated heterocycles. The molecule has 0 radical (unpaired) electrons. The Hall–Kier alpha value is -3.20. The molecular formula is C20H13NO2. The van der Waals surface area contributed by atoms with Gasteiger partial charge in [-0.3, -0.25) is 9.79 Å². The zero-order valence-electron chi connectivity index (χ0n) is 12.2. The van der Waals surface area contributed by atoms with Crippen molar-refractivity contribution in [3.05, 3.63) is 83.4 Å². The van der Waals surface area contributed by atoms with Gasteiger partial charge >= 0.3 is 0 Å². The van der Waals surface area contributed by atoms with Crippen molar-refractivity contribution in [2.24, 2.45) is 4.99 Å². The van der Waals surface area contributed by atoms with E-state index < -0.39 is 0 Å². The number of nitrogens with zero attached hydrogens (tertiary/aromatic N) is 1. The molecule has 3 aromatic rings. The van der Waals surface area contributed by atoms with Crippen LogP contribution in [0.5, 0.6) is 5.75 Å². The summed E-state index contributed by atoms with van der Waals surface area (Å²) in [4.78, 5) is 16.8. The summed E-state index contributed by atoms with van der Waals surface area (Å²) < 4.78 is 0. The predicted octanol–water partition coefficient (Wildman–Crippen LogP) is 4.35. The fourth-order valence-corrected chi connectivity index (χ4v) is 2.88. The maximum absolute atomic E-state index is 12.4. The number of para-hydroxylation sites is 1. The Morgan fingerprint density at radius 1 is 0.783 bits per heavy atom. The van der Waals surface area contributed by atoms with Gasteiger partial charge in [0.2, 0.25) is 0 Å². The van der Waals surface area contributed by atoms with Crippen molar-refractivity contribution in [1.82, 2.24) is 0 Å². The van der Waals surface area contributed by atoms with Gasteiger partial charge in [-0.25, -0.2) is 0 Å². The van der Waals surface area contributed by atoms with Gasteiger partial charge in [-0.1, -0.05) is 42.5 Å². The van der Waals surface area contributed by atoms with E-state index in [0.29, 0.717) is 22.3 Å². The van der Waals surface area contributed by atoms with Crippen LogP contribution in [-0.2, 0) is 0 Å². The number of fused-ring (bicyclic) bond motifs is 3. The summed E-state index contributed by atoms with van der Waals surface area (Å²) in [5, 5.41) is 10.6. The lowest BCUT2D eigenvalue weighted by atomic mass is 10.0. The normalized spacial score (nSPS) is 12.4. The molecule has 0 saturated carbocycles. The first-order chi connectivity index (χ1) is 11.3. The van der Waals surface area contributed by atoms with E-state index in [0.717, 1.165) is 11.3 Å². The third-order valence-electron chi connectivity index (χ3n) is 4.00. The molecule has 3 nitrogen and oxygen atoms in total. The van der Waals surface area contributed by atoms with E-state index in [1.54, 1.807) is 24.4 Å². The molecule has 0 fully saturated rings. The number of ketones is 1. The standard InChI is InChI=1S/C20H13NO2/c22-19-13(12-21-14-6-2-1-3-7-14)10-11-17-18(19)15-8-4-5-9-16(15)20(17)23/h1-12,22H/b21-12+. The first-order valence-electron chi connectivity index (χ1n) is 7.35. The van der Waals surface area contributed by atoms with E-state index in [1.165, 1.54) is 0 Å². The molecule has 0 bridgehead atoms. The molecule has 0 spiro atoms. The van der Waals surface area contributed by atoms with Crippen LogP contribution < -0.4 is 0 Å². The van der Waals surface area contributed by atoms with E-state index in [2.05, 4.69) is 4.99 Å². The maximum atomic E-state index is 12.4. The van der Waals surface area contributed by atoms with Crippen LogP contribution in [0.4, 0.5) is 5.69 Å². The zero-order chi connectivity index (χ0) is 15.8. The fraction of sp³-hybridized carbons (Fsp3) is 0. The second-order valence-corrected chi connectivity index (χ2v) is 5.39. The molecule has 1 aliphatic rings. The first-order valence-corrected chi connectivity index (χ1v) is 7.35. The number of phenols is 1. The second kappa shape index (κ2) is 5.21. The number of phenolic OH excluding ortho intramolecular Hbond substituents is 1. The van der Waals surface area contributed by atoms with Gasteiger partial charge < -0.3 is 5.11 Å². The third-order valence-corrected chi connectivity index (χ3v) is 4.00. The van der Waals surface area contributed by atoms with Crippen LogP contribution in [-0.4, -0.2) is 17.1 Å². The lowest BCUT2D eigenvalue weighted by molar-refractivity contribution is 0.104. The van der Waals surface area contributed by atoms with Gasteiger partial charge in [-0.15, -0.1) is 0 Å². The number of hydrogen-bond acceptors (Lipinski definition) is 3. The number of aliphatic imine (C=N–C) groups is 1. The average molecular weight is 299 g/mol. The average Bonchev–Trinajstić information content (AvgIpc) is 2.89. The Bertz CT molecular complexity index is 943. The molecule has 4 rings (SSSR count). The van der Waals surface area contributed by atoms with Crippen molar-refractivity contribution in [2.75, 3.05) is 0 Å². The number of aromatic hydroxyl groups is 1. The van der Waals surface area contributed by atoms with Gasteiger partial charge in [0, 0.05) is 28.5 Å². The van der Waals surface area contributed by atoms with Crippen LogP contribution in [0.1, 0.15) is 21.5 Å². The molecule has 3 aromatic carbocycles. The van der Waals surface area contributed by atoms with Crippen LogP contribution in [0.25, 0.3) is 11.1 Å². The quantitative estimate of drug-likeness (QED) is 0.559. The molecular weight excluding hydrogens is 286 g/mol. The minimum atomic E-state index is -0.0440. The number of carbonyl (C=O) groups excluding carboxylic acids is 1. The molecule has 0 atom stereocenters. The molecule has 1 N–H and O–H groups in total. The van der Waals surface area contributed by atoms with Crippen LogP contribution in [0, 0.1) is 0 Å². The Balaban J connectivity index is 1.82. The van der Waals surface area contributed by atoms with Crippen LogP contribution in [0.3, 0.4) is 0 Å². The molecule has 0 amide bonds. The summed E-state index contributed by atoms with van der Waals surface area (Å²) in [7, 11) is 0. The zero-order valence-corrected chi connectivity index (χ0v) is 12.2. The highest BCUT2D eigenvalue weighted by atomic mass is 16.3. The second-order valence-electron chi connectivity index (χ2n) is 5.39. The van der Waals surface area contributed by atoms with Gasteiger partial charge in [0.15, 0.2) is 5.78 Å². The topological polar surface area (TPSA) is 49.7 Å². The summed E-state index contributed by atoms with van der Waals surface area (Å²) >= 11 is 0. The van der Waals surface area contributed by atoms with E-state index in [4.69, 9.17) is 0 Å². The lowest BCUT2D eigenvalue weighted by Crippen LogP contribution is -1.95. The number of benzene rings is 3. The third kappa shape index (κ3) is 2.14. The fourth-order valence-electron chi connectivity index (χ4n) is 2.88. The van der Waals surface area contributed by atoms with Crippen LogP contribution in [0.2, 0.25) is 0 Å². The molecule has 23 heavy (non-hydrogen) atoms. The smallest absolute Gasteiger partial charge is 0.194 e. The Labute approximate surface area is 133 Å². The number of carbonyl (C=O) groups is 1. The summed E-state index contributed by atoms with van der Waals surface area (Å²) in [6.07, 6.45) is 1.62. The largest absolute Gasteiger partial charge is 0.507 e. The van der Waals surface area contributed by atoms with E-state index >= 15 is 0 Å². The summed E-state index contributed by atoms with van der Waals surface area (Å²) in [5.74, 6) is 0.0536. The van der Waals surface area contributed by atoms with Crippen molar-refractivity contribution in [1.29, 1.82) is 0 Å².